The highest BCUT2D eigenvalue weighted by molar-refractivity contribution is 6.30. The SMILES string of the molecule is COCCC(Nc1ccc2nccnc2n1)c1ccc(Cl)cc1. The number of anilines is 1. The summed E-state index contributed by atoms with van der Waals surface area (Å²) in [6.07, 6.45) is 4.12. The van der Waals surface area contributed by atoms with Gasteiger partial charge in [0.15, 0.2) is 5.65 Å². The van der Waals surface area contributed by atoms with Crippen LogP contribution in [0.3, 0.4) is 0 Å². The van der Waals surface area contributed by atoms with Crippen molar-refractivity contribution in [2.45, 2.75) is 12.5 Å². The van der Waals surface area contributed by atoms with Crippen LogP contribution in [0.25, 0.3) is 11.2 Å². The van der Waals surface area contributed by atoms with Crippen molar-refractivity contribution in [1.29, 1.82) is 0 Å². The molecule has 0 spiro atoms. The fourth-order valence-electron chi connectivity index (χ4n) is 2.37. The summed E-state index contributed by atoms with van der Waals surface area (Å²) in [5, 5.41) is 4.16. The molecule has 0 saturated carbocycles. The van der Waals surface area contributed by atoms with Crippen LogP contribution in [0.1, 0.15) is 18.0 Å². The summed E-state index contributed by atoms with van der Waals surface area (Å²) in [7, 11) is 1.70. The Balaban J connectivity index is 1.85. The number of hydrogen-bond acceptors (Lipinski definition) is 5. The number of rotatable bonds is 6. The number of benzene rings is 1. The van der Waals surface area contributed by atoms with Gasteiger partial charge in [0.05, 0.1) is 6.04 Å². The van der Waals surface area contributed by atoms with E-state index in [2.05, 4.69) is 20.3 Å². The fourth-order valence-corrected chi connectivity index (χ4v) is 2.49. The minimum absolute atomic E-state index is 0.0776. The van der Waals surface area contributed by atoms with E-state index in [-0.39, 0.29) is 6.04 Å². The van der Waals surface area contributed by atoms with Gasteiger partial charge in [-0.3, -0.25) is 4.98 Å². The second-order valence-corrected chi connectivity index (χ2v) is 5.56. The minimum atomic E-state index is 0.0776. The molecule has 0 amide bonds. The van der Waals surface area contributed by atoms with E-state index in [4.69, 9.17) is 16.3 Å². The van der Waals surface area contributed by atoms with Gasteiger partial charge < -0.3 is 10.1 Å². The number of nitrogens with one attached hydrogen (secondary N) is 1. The van der Waals surface area contributed by atoms with Crippen molar-refractivity contribution in [2.75, 3.05) is 19.0 Å². The van der Waals surface area contributed by atoms with E-state index >= 15 is 0 Å². The largest absolute Gasteiger partial charge is 0.385 e. The quantitative estimate of drug-likeness (QED) is 0.744. The first kappa shape index (κ1) is 15.6. The zero-order valence-electron chi connectivity index (χ0n) is 12.7. The number of methoxy groups -OCH3 is 1. The lowest BCUT2D eigenvalue weighted by molar-refractivity contribution is 0.190. The first-order valence-corrected chi connectivity index (χ1v) is 7.73. The topological polar surface area (TPSA) is 59.9 Å². The summed E-state index contributed by atoms with van der Waals surface area (Å²) < 4.78 is 5.22. The number of pyridine rings is 1. The maximum absolute atomic E-state index is 5.97. The lowest BCUT2D eigenvalue weighted by Gasteiger charge is -2.19. The number of ether oxygens (including phenoxy) is 1. The van der Waals surface area contributed by atoms with Gasteiger partial charge in [0, 0.05) is 31.1 Å². The van der Waals surface area contributed by atoms with Gasteiger partial charge in [0.25, 0.3) is 0 Å². The van der Waals surface area contributed by atoms with Crippen molar-refractivity contribution < 1.29 is 4.74 Å². The molecule has 3 rings (SSSR count). The molecule has 1 aromatic carbocycles. The number of aromatic nitrogens is 3. The second-order valence-electron chi connectivity index (χ2n) is 5.13. The number of fused-ring (bicyclic) bond motifs is 1. The Hall–Kier alpha value is -2.24. The molecule has 1 N–H and O–H groups in total. The van der Waals surface area contributed by atoms with E-state index < -0.39 is 0 Å². The van der Waals surface area contributed by atoms with Gasteiger partial charge in [0.1, 0.15) is 11.3 Å². The van der Waals surface area contributed by atoms with Gasteiger partial charge in [-0.2, -0.15) is 0 Å². The molecule has 0 aliphatic heterocycles. The van der Waals surface area contributed by atoms with Crippen LogP contribution in [-0.2, 0) is 4.74 Å². The Morgan fingerprint density at radius 1 is 1.09 bits per heavy atom. The van der Waals surface area contributed by atoms with Gasteiger partial charge in [-0.1, -0.05) is 23.7 Å². The highest BCUT2D eigenvalue weighted by atomic mass is 35.5. The minimum Gasteiger partial charge on any atom is -0.385 e. The molecule has 0 bridgehead atoms. The third kappa shape index (κ3) is 3.94. The van der Waals surface area contributed by atoms with Crippen LogP contribution in [-0.4, -0.2) is 28.7 Å². The molecular weight excluding hydrogens is 312 g/mol. The molecule has 5 nitrogen and oxygen atoms in total. The summed E-state index contributed by atoms with van der Waals surface area (Å²) in [6.45, 7) is 0.647. The summed E-state index contributed by atoms with van der Waals surface area (Å²) in [5.74, 6) is 0.758. The molecule has 1 unspecified atom stereocenters. The number of hydrogen-bond donors (Lipinski definition) is 1. The molecule has 0 aliphatic carbocycles. The zero-order valence-corrected chi connectivity index (χ0v) is 13.5. The molecule has 1 atom stereocenters. The Morgan fingerprint density at radius 3 is 2.65 bits per heavy atom. The summed E-state index contributed by atoms with van der Waals surface area (Å²) in [5.41, 5.74) is 2.53. The van der Waals surface area contributed by atoms with Crippen molar-refractivity contribution in [2.24, 2.45) is 0 Å². The van der Waals surface area contributed by atoms with Gasteiger partial charge in [-0.25, -0.2) is 9.97 Å². The van der Waals surface area contributed by atoms with Crippen molar-refractivity contribution in [3.05, 3.63) is 59.4 Å². The van der Waals surface area contributed by atoms with E-state index in [1.54, 1.807) is 19.5 Å². The Morgan fingerprint density at radius 2 is 1.87 bits per heavy atom. The molecular formula is C17H17ClN4O. The fraction of sp³-hybridized carbons (Fsp3) is 0.235. The van der Waals surface area contributed by atoms with Gasteiger partial charge in [-0.15, -0.1) is 0 Å². The third-order valence-electron chi connectivity index (χ3n) is 3.54. The normalized spacial score (nSPS) is 12.3. The third-order valence-corrected chi connectivity index (χ3v) is 3.79. The smallest absolute Gasteiger partial charge is 0.180 e. The van der Waals surface area contributed by atoms with E-state index in [9.17, 15) is 0 Å². The predicted molar refractivity (Wildman–Crippen MR) is 91.6 cm³/mol. The van der Waals surface area contributed by atoms with Crippen molar-refractivity contribution >= 4 is 28.6 Å². The molecule has 2 aromatic heterocycles. The zero-order chi connectivity index (χ0) is 16.1. The standard InChI is InChI=1S/C17H17ClN4O/c1-23-11-8-14(12-2-4-13(18)5-3-12)21-16-7-6-15-17(22-16)20-10-9-19-15/h2-7,9-10,14H,8,11H2,1H3,(H,20,21,22). The van der Waals surface area contributed by atoms with Crippen LogP contribution in [0.5, 0.6) is 0 Å². The van der Waals surface area contributed by atoms with E-state index in [0.717, 1.165) is 28.3 Å². The van der Waals surface area contributed by atoms with Crippen LogP contribution in [0, 0.1) is 0 Å². The lowest BCUT2D eigenvalue weighted by atomic mass is 10.0. The Kier molecular flexibility index (Phi) is 5.00. The highest BCUT2D eigenvalue weighted by Crippen LogP contribution is 2.24. The van der Waals surface area contributed by atoms with Crippen LogP contribution < -0.4 is 5.32 Å². The average molecular weight is 329 g/mol. The number of nitrogens with zero attached hydrogens (tertiary/aromatic N) is 3. The van der Waals surface area contributed by atoms with E-state index in [1.165, 1.54) is 0 Å². The molecule has 0 aliphatic rings. The molecule has 23 heavy (non-hydrogen) atoms. The summed E-state index contributed by atoms with van der Waals surface area (Å²) in [4.78, 5) is 13.0. The molecule has 6 heteroatoms. The maximum atomic E-state index is 5.97. The van der Waals surface area contributed by atoms with Crippen molar-refractivity contribution in [3.8, 4) is 0 Å². The van der Waals surface area contributed by atoms with Crippen LogP contribution >= 0.6 is 11.6 Å². The Bertz CT molecular complexity index is 779. The molecule has 3 aromatic rings. The lowest BCUT2D eigenvalue weighted by Crippen LogP contribution is -2.14. The molecule has 0 radical (unpaired) electrons. The highest BCUT2D eigenvalue weighted by Gasteiger charge is 2.12. The molecule has 2 heterocycles. The maximum Gasteiger partial charge on any atom is 0.180 e. The van der Waals surface area contributed by atoms with Crippen molar-refractivity contribution in [3.63, 3.8) is 0 Å². The average Bonchev–Trinajstić information content (AvgIpc) is 2.59. The number of halogens is 1. The first-order chi connectivity index (χ1) is 11.3. The summed E-state index contributed by atoms with van der Waals surface area (Å²) >= 11 is 5.97. The monoisotopic (exact) mass is 328 g/mol. The van der Waals surface area contributed by atoms with Crippen LogP contribution in [0.4, 0.5) is 5.82 Å². The molecule has 0 saturated heterocycles. The first-order valence-electron chi connectivity index (χ1n) is 7.35. The second kappa shape index (κ2) is 7.35. The van der Waals surface area contributed by atoms with Gasteiger partial charge in [-0.05, 0) is 36.2 Å². The molecule has 118 valence electrons. The Labute approximate surface area is 139 Å². The predicted octanol–water partition coefficient (Wildman–Crippen LogP) is 3.87. The van der Waals surface area contributed by atoms with Crippen LogP contribution in [0.2, 0.25) is 5.02 Å². The van der Waals surface area contributed by atoms with Crippen molar-refractivity contribution in [1.82, 2.24) is 15.0 Å². The summed E-state index contributed by atoms with van der Waals surface area (Å²) in [6, 6.07) is 11.7. The van der Waals surface area contributed by atoms with E-state index in [1.807, 2.05) is 36.4 Å². The van der Waals surface area contributed by atoms with Crippen LogP contribution in [0.15, 0.2) is 48.8 Å². The van der Waals surface area contributed by atoms with Gasteiger partial charge >= 0.3 is 0 Å². The molecule has 0 fully saturated rings. The van der Waals surface area contributed by atoms with Gasteiger partial charge in [0.2, 0.25) is 0 Å². The van der Waals surface area contributed by atoms with E-state index in [0.29, 0.717) is 12.3 Å².